The molecule has 108 valence electrons. The molecule has 0 aromatic rings. The van der Waals surface area contributed by atoms with Gasteiger partial charge in [0.1, 0.15) is 0 Å². The van der Waals surface area contributed by atoms with Gasteiger partial charge in [0.2, 0.25) is 0 Å². The minimum atomic E-state index is -0.184. The van der Waals surface area contributed by atoms with Crippen LogP contribution in [0.3, 0.4) is 0 Å². The molecule has 3 saturated carbocycles. The molecule has 0 aromatic carbocycles. The standard InChI is InChI=1S/C17H28O2/c1-5-6-11-7-10(2)14-12-8-13(15(11)14)17(3,9-12)16(18)19-4/h10-15H,5-9H2,1-4H3. The van der Waals surface area contributed by atoms with E-state index in [9.17, 15) is 4.79 Å². The Labute approximate surface area is 117 Å². The van der Waals surface area contributed by atoms with Gasteiger partial charge in [-0.15, -0.1) is 0 Å². The van der Waals surface area contributed by atoms with E-state index in [4.69, 9.17) is 4.74 Å². The van der Waals surface area contributed by atoms with Crippen molar-refractivity contribution in [1.29, 1.82) is 0 Å². The van der Waals surface area contributed by atoms with Crippen LogP contribution in [0.25, 0.3) is 0 Å². The first-order valence-electron chi connectivity index (χ1n) is 8.11. The number of fused-ring (bicyclic) bond motifs is 5. The highest BCUT2D eigenvalue weighted by atomic mass is 16.5. The number of carbonyl (C=O) groups excluding carboxylic acids is 1. The number of esters is 1. The minimum absolute atomic E-state index is 0.0493. The molecule has 0 saturated heterocycles. The highest BCUT2D eigenvalue weighted by molar-refractivity contribution is 5.77. The first-order chi connectivity index (χ1) is 9.02. The Morgan fingerprint density at radius 3 is 2.68 bits per heavy atom. The summed E-state index contributed by atoms with van der Waals surface area (Å²) in [6.45, 7) is 6.92. The van der Waals surface area contributed by atoms with Crippen LogP contribution in [0, 0.1) is 40.9 Å². The zero-order valence-electron chi connectivity index (χ0n) is 12.8. The zero-order chi connectivity index (χ0) is 13.8. The molecule has 3 aliphatic rings. The molecule has 0 spiro atoms. The van der Waals surface area contributed by atoms with Gasteiger partial charge < -0.3 is 4.74 Å². The average Bonchev–Trinajstić information content (AvgIpc) is 3.00. The number of ether oxygens (including phenoxy) is 1. The van der Waals surface area contributed by atoms with Crippen LogP contribution in [0.2, 0.25) is 0 Å². The summed E-state index contributed by atoms with van der Waals surface area (Å²) >= 11 is 0. The van der Waals surface area contributed by atoms with Gasteiger partial charge in [-0.2, -0.15) is 0 Å². The molecule has 0 radical (unpaired) electrons. The molecule has 0 N–H and O–H groups in total. The van der Waals surface area contributed by atoms with Crippen LogP contribution in [0.1, 0.15) is 52.9 Å². The highest BCUT2D eigenvalue weighted by Crippen LogP contribution is 2.69. The van der Waals surface area contributed by atoms with Crippen molar-refractivity contribution in [3.05, 3.63) is 0 Å². The second-order valence-electron chi connectivity index (χ2n) is 7.63. The van der Waals surface area contributed by atoms with Crippen molar-refractivity contribution in [2.75, 3.05) is 7.11 Å². The predicted octanol–water partition coefficient (Wildman–Crippen LogP) is 3.89. The lowest BCUT2D eigenvalue weighted by atomic mass is 9.63. The van der Waals surface area contributed by atoms with Gasteiger partial charge >= 0.3 is 5.97 Å². The SMILES string of the molecule is CCCC1CC(C)C2C3CC(C12)C(C)(C(=O)OC)C3. The van der Waals surface area contributed by atoms with Crippen molar-refractivity contribution >= 4 is 5.97 Å². The molecule has 0 heterocycles. The second kappa shape index (κ2) is 4.49. The average molecular weight is 264 g/mol. The Hall–Kier alpha value is -0.530. The largest absolute Gasteiger partial charge is 0.469 e. The maximum Gasteiger partial charge on any atom is 0.311 e. The predicted molar refractivity (Wildman–Crippen MR) is 75.5 cm³/mol. The number of carbonyl (C=O) groups is 1. The molecule has 0 amide bonds. The van der Waals surface area contributed by atoms with E-state index in [1.165, 1.54) is 25.7 Å². The lowest BCUT2D eigenvalue weighted by Gasteiger charge is -2.40. The first-order valence-corrected chi connectivity index (χ1v) is 8.11. The number of hydrogen-bond acceptors (Lipinski definition) is 2. The lowest BCUT2D eigenvalue weighted by Crippen LogP contribution is -2.42. The van der Waals surface area contributed by atoms with E-state index >= 15 is 0 Å². The molecule has 0 aliphatic heterocycles. The molecule has 2 bridgehead atoms. The normalized spacial score (nSPS) is 51.4. The Bertz CT molecular complexity index is 377. The van der Waals surface area contributed by atoms with E-state index in [0.29, 0.717) is 5.92 Å². The quantitative estimate of drug-likeness (QED) is 0.723. The molecule has 0 aromatic heterocycles. The van der Waals surface area contributed by atoms with Gasteiger partial charge in [-0.3, -0.25) is 4.79 Å². The summed E-state index contributed by atoms with van der Waals surface area (Å²) in [4.78, 5) is 12.2. The summed E-state index contributed by atoms with van der Waals surface area (Å²) in [6.07, 6.45) is 6.40. The molecule has 3 fully saturated rings. The van der Waals surface area contributed by atoms with Crippen molar-refractivity contribution in [2.45, 2.75) is 52.9 Å². The summed E-state index contributed by atoms with van der Waals surface area (Å²) in [7, 11) is 1.55. The molecule has 3 aliphatic carbocycles. The van der Waals surface area contributed by atoms with Crippen LogP contribution in [0.15, 0.2) is 0 Å². The monoisotopic (exact) mass is 264 g/mol. The van der Waals surface area contributed by atoms with Crippen LogP contribution in [-0.2, 0) is 9.53 Å². The third-order valence-electron chi connectivity index (χ3n) is 6.70. The Morgan fingerprint density at radius 2 is 2.05 bits per heavy atom. The van der Waals surface area contributed by atoms with E-state index in [-0.39, 0.29) is 11.4 Å². The van der Waals surface area contributed by atoms with Crippen molar-refractivity contribution in [3.8, 4) is 0 Å². The van der Waals surface area contributed by atoms with Crippen LogP contribution in [0.4, 0.5) is 0 Å². The smallest absolute Gasteiger partial charge is 0.311 e. The van der Waals surface area contributed by atoms with Crippen molar-refractivity contribution < 1.29 is 9.53 Å². The minimum Gasteiger partial charge on any atom is -0.469 e. The van der Waals surface area contributed by atoms with E-state index < -0.39 is 0 Å². The van der Waals surface area contributed by atoms with Crippen molar-refractivity contribution in [2.24, 2.45) is 40.9 Å². The van der Waals surface area contributed by atoms with Gasteiger partial charge in [-0.1, -0.05) is 26.7 Å². The van der Waals surface area contributed by atoms with Gasteiger partial charge in [0.15, 0.2) is 0 Å². The topological polar surface area (TPSA) is 26.3 Å². The second-order valence-corrected chi connectivity index (χ2v) is 7.63. The fourth-order valence-corrected chi connectivity index (χ4v) is 6.25. The third kappa shape index (κ3) is 1.71. The molecule has 2 heteroatoms. The van der Waals surface area contributed by atoms with Crippen molar-refractivity contribution in [3.63, 3.8) is 0 Å². The van der Waals surface area contributed by atoms with Gasteiger partial charge in [-0.25, -0.2) is 0 Å². The molecule has 2 nitrogen and oxygen atoms in total. The van der Waals surface area contributed by atoms with Crippen LogP contribution >= 0.6 is 0 Å². The van der Waals surface area contributed by atoms with Gasteiger partial charge in [-0.05, 0) is 61.7 Å². The number of methoxy groups -OCH3 is 1. The molecule has 7 atom stereocenters. The first kappa shape index (κ1) is 13.5. The maximum absolute atomic E-state index is 12.2. The Kier molecular flexibility index (Phi) is 3.18. The van der Waals surface area contributed by atoms with Gasteiger partial charge in [0.05, 0.1) is 12.5 Å². The molecule has 19 heavy (non-hydrogen) atoms. The number of hydrogen-bond donors (Lipinski definition) is 0. The maximum atomic E-state index is 12.2. The summed E-state index contributed by atoms with van der Waals surface area (Å²) in [5.41, 5.74) is -0.184. The Morgan fingerprint density at radius 1 is 1.32 bits per heavy atom. The summed E-state index contributed by atoms with van der Waals surface area (Å²) in [5.74, 6) is 4.88. The van der Waals surface area contributed by atoms with Crippen LogP contribution < -0.4 is 0 Å². The van der Waals surface area contributed by atoms with Crippen molar-refractivity contribution in [1.82, 2.24) is 0 Å². The Balaban J connectivity index is 1.88. The fraction of sp³-hybridized carbons (Fsp3) is 0.941. The van der Waals surface area contributed by atoms with E-state index in [0.717, 1.165) is 36.0 Å². The zero-order valence-corrected chi connectivity index (χ0v) is 12.8. The van der Waals surface area contributed by atoms with Crippen LogP contribution in [0.5, 0.6) is 0 Å². The number of rotatable bonds is 3. The lowest BCUT2D eigenvalue weighted by molar-refractivity contribution is -0.157. The third-order valence-corrected chi connectivity index (χ3v) is 6.70. The summed E-state index contributed by atoms with van der Waals surface area (Å²) in [6, 6.07) is 0. The van der Waals surface area contributed by atoms with E-state index in [1.807, 2.05) is 0 Å². The van der Waals surface area contributed by atoms with E-state index in [2.05, 4.69) is 20.8 Å². The summed E-state index contributed by atoms with van der Waals surface area (Å²) < 4.78 is 5.12. The molecule has 3 rings (SSSR count). The van der Waals surface area contributed by atoms with Gasteiger partial charge in [0, 0.05) is 0 Å². The van der Waals surface area contributed by atoms with Crippen LogP contribution in [-0.4, -0.2) is 13.1 Å². The molecule has 7 unspecified atom stereocenters. The van der Waals surface area contributed by atoms with Gasteiger partial charge in [0.25, 0.3) is 0 Å². The molecular weight excluding hydrogens is 236 g/mol. The summed E-state index contributed by atoms with van der Waals surface area (Å²) in [5, 5.41) is 0. The van der Waals surface area contributed by atoms with E-state index in [1.54, 1.807) is 7.11 Å². The molecular formula is C17H28O2. The highest BCUT2D eigenvalue weighted by Gasteiger charge is 2.65. The fourth-order valence-electron chi connectivity index (χ4n) is 6.25.